The van der Waals surface area contributed by atoms with Gasteiger partial charge in [0, 0.05) is 11.4 Å². The van der Waals surface area contributed by atoms with Crippen molar-refractivity contribution in [2.75, 3.05) is 16.8 Å². The summed E-state index contributed by atoms with van der Waals surface area (Å²) in [6.45, 7) is 4.35. The van der Waals surface area contributed by atoms with Gasteiger partial charge < -0.3 is 16.8 Å². The molecule has 2 aromatic rings. The van der Waals surface area contributed by atoms with Crippen LogP contribution in [0.1, 0.15) is 25.3 Å². The fourth-order valence-electron chi connectivity index (χ4n) is 1.95. The van der Waals surface area contributed by atoms with Crippen molar-refractivity contribution in [3.63, 3.8) is 0 Å². The van der Waals surface area contributed by atoms with Crippen molar-refractivity contribution in [2.45, 2.75) is 19.8 Å². The first-order chi connectivity index (χ1) is 8.58. The zero-order valence-corrected chi connectivity index (χ0v) is 10.8. The third-order valence-corrected chi connectivity index (χ3v) is 2.93. The Bertz CT molecular complexity index is 547. The number of nitrogens with two attached hydrogens (primary N) is 2. The van der Waals surface area contributed by atoms with Crippen LogP contribution in [0.25, 0.3) is 0 Å². The first kappa shape index (κ1) is 12.3. The summed E-state index contributed by atoms with van der Waals surface area (Å²) in [6.07, 6.45) is 0. The summed E-state index contributed by atoms with van der Waals surface area (Å²) in [4.78, 5) is 0. The Morgan fingerprint density at radius 1 is 0.944 bits per heavy atom. The lowest BCUT2D eigenvalue weighted by atomic mass is 10.0. The van der Waals surface area contributed by atoms with Crippen LogP contribution in [0, 0.1) is 0 Å². The minimum Gasteiger partial charge on any atom is -0.399 e. The molecule has 2 aromatic carbocycles. The third-order valence-electron chi connectivity index (χ3n) is 2.93. The molecule has 0 heterocycles. The number of para-hydroxylation sites is 1. The number of anilines is 4. The van der Waals surface area contributed by atoms with Gasteiger partial charge >= 0.3 is 0 Å². The van der Waals surface area contributed by atoms with Gasteiger partial charge in [-0.2, -0.15) is 0 Å². The molecule has 0 spiro atoms. The number of nitrogens with one attached hydrogen (secondary N) is 1. The van der Waals surface area contributed by atoms with E-state index in [-0.39, 0.29) is 0 Å². The van der Waals surface area contributed by atoms with Gasteiger partial charge in [-0.05, 0) is 35.7 Å². The summed E-state index contributed by atoms with van der Waals surface area (Å²) >= 11 is 0. The molecule has 0 aromatic heterocycles. The second-order valence-electron chi connectivity index (χ2n) is 4.71. The molecule has 0 saturated carbocycles. The highest BCUT2D eigenvalue weighted by atomic mass is 14.9. The maximum absolute atomic E-state index is 5.95. The van der Waals surface area contributed by atoms with Crippen LogP contribution in [-0.4, -0.2) is 0 Å². The molecule has 18 heavy (non-hydrogen) atoms. The fourth-order valence-corrected chi connectivity index (χ4v) is 1.95. The lowest BCUT2D eigenvalue weighted by Crippen LogP contribution is -2.01. The van der Waals surface area contributed by atoms with Crippen LogP contribution >= 0.6 is 0 Å². The molecule has 2 rings (SSSR count). The molecule has 3 heteroatoms. The quantitative estimate of drug-likeness (QED) is 0.718. The van der Waals surface area contributed by atoms with Gasteiger partial charge in [0.1, 0.15) is 0 Å². The average molecular weight is 241 g/mol. The van der Waals surface area contributed by atoms with Crippen LogP contribution in [-0.2, 0) is 0 Å². The molecule has 0 amide bonds. The standard InChI is InChI=1S/C15H19N3/c1-10(2)12-5-3-4-6-14(12)18-15-8-7-11(16)9-13(15)17/h3-10,18H,16-17H2,1-2H3. The van der Waals surface area contributed by atoms with E-state index in [9.17, 15) is 0 Å². The van der Waals surface area contributed by atoms with Gasteiger partial charge in [-0.1, -0.05) is 32.0 Å². The van der Waals surface area contributed by atoms with E-state index in [2.05, 4.69) is 31.3 Å². The van der Waals surface area contributed by atoms with E-state index in [1.54, 1.807) is 6.07 Å². The SMILES string of the molecule is CC(C)c1ccccc1Nc1ccc(N)cc1N. The lowest BCUT2D eigenvalue weighted by Gasteiger charge is -2.16. The summed E-state index contributed by atoms with van der Waals surface area (Å²) in [7, 11) is 0. The van der Waals surface area contributed by atoms with E-state index in [4.69, 9.17) is 11.5 Å². The maximum atomic E-state index is 5.95. The molecule has 0 fully saturated rings. The zero-order chi connectivity index (χ0) is 13.1. The van der Waals surface area contributed by atoms with E-state index in [1.165, 1.54) is 5.56 Å². The molecule has 0 saturated heterocycles. The Balaban J connectivity index is 2.34. The second kappa shape index (κ2) is 5.00. The van der Waals surface area contributed by atoms with Gasteiger partial charge in [0.25, 0.3) is 0 Å². The van der Waals surface area contributed by atoms with Crippen molar-refractivity contribution in [2.24, 2.45) is 0 Å². The van der Waals surface area contributed by atoms with Crippen molar-refractivity contribution in [1.29, 1.82) is 0 Å². The predicted octanol–water partition coefficient (Wildman–Crippen LogP) is 3.72. The van der Waals surface area contributed by atoms with Crippen LogP contribution in [0.5, 0.6) is 0 Å². The molecule has 0 atom stereocenters. The van der Waals surface area contributed by atoms with E-state index >= 15 is 0 Å². The normalized spacial score (nSPS) is 10.6. The molecule has 3 nitrogen and oxygen atoms in total. The lowest BCUT2D eigenvalue weighted by molar-refractivity contribution is 0.869. The van der Waals surface area contributed by atoms with Gasteiger partial charge in [-0.25, -0.2) is 0 Å². The van der Waals surface area contributed by atoms with Crippen molar-refractivity contribution in [3.8, 4) is 0 Å². The van der Waals surface area contributed by atoms with Gasteiger partial charge in [-0.3, -0.25) is 0 Å². The van der Waals surface area contributed by atoms with Crippen LogP contribution in [0.4, 0.5) is 22.7 Å². The smallest absolute Gasteiger partial charge is 0.0619 e. The maximum Gasteiger partial charge on any atom is 0.0619 e. The first-order valence-electron chi connectivity index (χ1n) is 6.09. The number of benzene rings is 2. The van der Waals surface area contributed by atoms with Gasteiger partial charge in [-0.15, -0.1) is 0 Å². The van der Waals surface area contributed by atoms with Crippen LogP contribution < -0.4 is 16.8 Å². The predicted molar refractivity (Wildman–Crippen MR) is 79.1 cm³/mol. The van der Waals surface area contributed by atoms with Crippen molar-refractivity contribution in [1.82, 2.24) is 0 Å². The molecular formula is C15H19N3. The Hall–Kier alpha value is -2.16. The van der Waals surface area contributed by atoms with Crippen LogP contribution in [0.15, 0.2) is 42.5 Å². The molecule has 0 aliphatic heterocycles. The van der Waals surface area contributed by atoms with Crippen molar-refractivity contribution >= 4 is 22.7 Å². The largest absolute Gasteiger partial charge is 0.399 e. The van der Waals surface area contributed by atoms with Crippen LogP contribution in [0.2, 0.25) is 0 Å². The molecule has 0 unspecified atom stereocenters. The molecule has 94 valence electrons. The minimum absolute atomic E-state index is 0.462. The number of nitrogen functional groups attached to an aromatic ring is 2. The Morgan fingerprint density at radius 3 is 2.33 bits per heavy atom. The molecule has 0 bridgehead atoms. The Labute approximate surface area is 108 Å². The molecule has 0 radical (unpaired) electrons. The highest BCUT2D eigenvalue weighted by Crippen LogP contribution is 2.30. The zero-order valence-electron chi connectivity index (χ0n) is 10.8. The van der Waals surface area contributed by atoms with Crippen LogP contribution in [0.3, 0.4) is 0 Å². The van der Waals surface area contributed by atoms with E-state index in [0.717, 1.165) is 11.4 Å². The topological polar surface area (TPSA) is 64.1 Å². The van der Waals surface area contributed by atoms with E-state index in [0.29, 0.717) is 17.3 Å². The van der Waals surface area contributed by atoms with E-state index in [1.807, 2.05) is 24.3 Å². The van der Waals surface area contributed by atoms with Crippen molar-refractivity contribution < 1.29 is 0 Å². The Kier molecular flexibility index (Phi) is 3.42. The summed E-state index contributed by atoms with van der Waals surface area (Å²) < 4.78 is 0. The summed E-state index contributed by atoms with van der Waals surface area (Å²) in [5, 5.41) is 3.37. The highest BCUT2D eigenvalue weighted by Gasteiger charge is 2.07. The summed E-state index contributed by atoms with van der Waals surface area (Å²) in [6, 6.07) is 13.8. The number of rotatable bonds is 3. The van der Waals surface area contributed by atoms with E-state index < -0.39 is 0 Å². The summed E-state index contributed by atoms with van der Waals surface area (Å²) in [5.74, 6) is 0.462. The minimum atomic E-state index is 0.462. The summed E-state index contributed by atoms with van der Waals surface area (Å²) in [5.41, 5.74) is 16.2. The highest BCUT2D eigenvalue weighted by molar-refractivity contribution is 5.76. The second-order valence-corrected chi connectivity index (χ2v) is 4.71. The van der Waals surface area contributed by atoms with Crippen molar-refractivity contribution in [3.05, 3.63) is 48.0 Å². The Morgan fingerprint density at radius 2 is 1.67 bits per heavy atom. The fraction of sp³-hybridized carbons (Fsp3) is 0.200. The monoisotopic (exact) mass is 241 g/mol. The molecule has 0 aliphatic carbocycles. The number of hydrogen-bond donors (Lipinski definition) is 3. The van der Waals surface area contributed by atoms with Gasteiger partial charge in [0.15, 0.2) is 0 Å². The van der Waals surface area contributed by atoms with Gasteiger partial charge in [0.2, 0.25) is 0 Å². The molecule has 5 N–H and O–H groups in total. The molecular weight excluding hydrogens is 222 g/mol. The molecule has 0 aliphatic rings. The number of hydrogen-bond acceptors (Lipinski definition) is 3. The average Bonchev–Trinajstić information content (AvgIpc) is 2.33. The first-order valence-corrected chi connectivity index (χ1v) is 6.09. The third kappa shape index (κ3) is 2.56. The van der Waals surface area contributed by atoms with Gasteiger partial charge in [0.05, 0.1) is 11.4 Å².